The summed E-state index contributed by atoms with van der Waals surface area (Å²) in [5.74, 6) is -2.08. The number of alkyl halides is 3. The number of fused-ring (bicyclic) bond motifs is 1. The Morgan fingerprint density at radius 1 is 1.18 bits per heavy atom. The normalized spacial score (nSPS) is 27.6. The molecule has 0 radical (unpaired) electrons. The molecule has 4 atom stereocenters. The zero-order valence-electron chi connectivity index (χ0n) is 17.3. The van der Waals surface area contributed by atoms with Gasteiger partial charge in [0.15, 0.2) is 0 Å². The maximum Gasteiger partial charge on any atom is 0.573 e. The van der Waals surface area contributed by atoms with E-state index in [4.69, 9.17) is 9.47 Å². The van der Waals surface area contributed by atoms with Crippen LogP contribution in [0.4, 0.5) is 24.5 Å². The minimum Gasteiger partial charge on any atom is -0.495 e. The van der Waals surface area contributed by atoms with Gasteiger partial charge in [0, 0.05) is 5.69 Å². The van der Waals surface area contributed by atoms with E-state index in [0.29, 0.717) is 11.4 Å². The third kappa shape index (κ3) is 3.60. The Morgan fingerprint density at radius 3 is 2.61 bits per heavy atom. The highest BCUT2D eigenvalue weighted by Gasteiger charge is 2.67. The highest BCUT2D eigenvalue weighted by atomic mass is 19.4. The maximum absolute atomic E-state index is 13.4. The second-order valence-corrected chi connectivity index (χ2v) is 8.06. The number of methoxy groups -OCH3 is 1. The first-order valence-corrected chi connectivity index (χ1v) is 10.2. The molecule has 10 heteroatoms. The van der Waals surface area contributed by atoms with Crippen LogP contribution in [0.1, 0.15) is 0 Å². The number of hydrogen-bond donors (Lipinski definition) is 1. The van der Waals surface area contributed by atoms with Crippen molar-refractivity contribution in [1.29, 1.82) is 0 Å². The van der Waals surface area contributed by atoms with E-state index >= 15 is 0 Å². The first-order chi connectivity index (χ1) is 15.7. The average molecular weight is 460 g/mol. The Bertz CT molecular complexity index is 1130. The van der Waals surface area contributed by atoms with Gasteiger partial charge in [-0.2, -0.15) is 0 Å². The summed E-state index contributed by atoms with van der Waals surface area (Å²) in [5, 5.41) is 2.68. The number of para-hydroxylation sites is 2. The van der Waals surface area contributed by atoms with Gasteiger partial charge in [-0.05, 0) is 36.4 Å². The fraction of sp³-hybridized carbons (Fsp3) is 0.304. The highest BCUT2D eigenvalue weighted by molar-refractivity contribution is 6.06. The maximum atomic E-state index is 13.4. The summed E-state index contributed by atoms with van der Waals surface area (Å²) >= 11 is 0. The van der Waals surface area contributed by atoms with E-state index in [0.717, 1.165) is 12.1 Å². The van der Waals surface area contributed by atoms with E-state index in [2.05, 4.69) is 10.1 Å². The van der Waals surface area contributed by atoms with Gasteiger partial charge in [0.2, 0.25) is 11.8 Å². The number of anilines is 2. The van der Waals surface area contributed by atoms with Crippen LogP contribution in [0, 0.1) is 11.8 Å². The van der Waals surface area contributed by atoms with Crippen molar-refractivity contribution in [2.45, 2.75) is 18.1 Å². The second-order valence-electron chi connectivity index (χ2n) is 8.06. The second kappa shape index (κ2) is 7.51. The van der Waals surface area contributed by atoms with E-state index in [1.54, 1.807) is 35.2 Å². The molecule has 0 saturated carbocycles. The van der Waals surface area contributed by atoms with Crippen molar-refractivity contribution in [3.8, 4) is 11.5 Å². The van der Waals surface area contributed by atoms with E-state index < -0.39 is 41.6 Å². The topological polar surface area (TPSA) is 77.1 Å². The summed E-state index contributed by atoms with van der Waals surface area (Å²) in [6.07, 6.45) is -1.75. The zero-order valence-corrected chi connectivity index (χ0v) is 17.3. The van der Waals surface area contributed by atoms with E-state index in [1.165, 1.54) is 19.2 Å². The predicted molar refractivity (Wildman–Crippen MR) is 111 cm³/mol. The van der Waals surface area contributed by atoms with Crippen LogP contribution in [-0.4, -0.2) is 43.5 Å². The number of nitrogens with zero attached hydrogens (tertiary/aromatic N) is 1. The van der Waals surface area contributed by atoms with Crippen LogP contribution in [-0.2, 0) is 14.3 Å². The van der Waals surface area contributed by atoms with Gasteiger partial charge in [-0.3, -0.25) is 9.59 Å². The third-order valence-electron chi connectivity index (χ3n) is 6.13. The van der Waals surface area contributed by atoms with Crippen LogP contribution in [0.2, 0.25) is 0 Å². The number of amides is 2. The Hall–Kier alpha value is -3.53. The number of carbonyl (C=O) groups is 2. The van der Waals surface area contributed by atoms with Crippen molar-refractivity contribution >= 4 is 23.2 Å². The van der Waals surface area contributed by atoms with E-state index in [9.17, 15) is 22.8 Å². The van der Waals surface area contributed by atoms with E-state index in [1.807, 2.05) is 6.08 Å². The number of ether oxygens (including phenoxy) is 3. The molecule has 3 aliphatic heterocycles. The van der Waals surface area contributed by atoms with Crippen molar-refractivity contribution in [3.63, 3.8) is 0 Å². The molecule has 0 unspecified atom stereocenters. The molecule has 2 amide bonds. The zero-order chi connectivity index (χ0) is 23.4. The molecule has 5 rings (SSSR count). The number of nitrogens with one attached hydrogen (secondary N) is 1. The molecule has 33 heavy (non-hydrogen) atoms. The smallest absolute Gasteiger partial charge is 0.495 e. The standard InChI is InChI=1S/C23H19F3N2O5/c1-31-16-5-3-2-4-15(16)28-12-22-11-10-17(33-22)18(19(22)21(28)30)20(29)27-13-6-8-14(9-7-13)32-23(24,25)26/h2-11,17-19H,12H2,1H3,(H,27,29)/t17-,18-,19+,22+/m0/s1. The third-order valence-corrected chi connectivity index (χ3v) is 6.13. The lowest BCUT2D eigenvalue weighted by molar-refractivity contribution is -0.274. The molecule has 1 spiro atoms. The molecular formula is C23H19F3N2O5. The molecule has 3 aliphatic rings. The van der Waals surface area contributed by atoms with Gasteiger partial charge in [-0.15, -0.1) is 13.2 Å². The molecule has 2 bridgehead atoms. The van der Waals surface area contributed by atoms with Crippen LogP contribution in [0.3, 0.4) is 0 Å². The van der Waals surface area contributed by atoms with Crippen molar-refractivity contribution < 1.29 is 37.0 Å². The molecule has 2 aromatic carbocycles. The van der Waals surface area contributed by atoms with Crippen LogP contribution in [0.15, 0.2) is 60.7 Å². The highest BCUT2D eigenvalue weighted by Crippen LogP contribution is 2.53. The summed E-state index contributed by atoms with van der Waals surface area (Å²) in [6, 6.07) is 11.9. The summed E-state index contributed by atoms with van der Waals surface area (Å²) < 4.78 is 52.4. The largest absolute Gasteiger partial charge is 0.573 e. The van der Waals surface area contributed by atoms with Crippen molar-refractivity contribution in [3.05, 3.63) is 60.7 Å². The summed E-state index contributed by atoms with van der Waals surface area (Å²) in [6.45, 7) is 0.247. The molecular weight excluding hydrogens is 441 g/mol. The van der Waals surface area contributed by atoms with Gasteiger partial charge in [0.05, 0.1) is 37.3 Å². The quantitative estimate of drug-likeness (QED) is 0.691. The van der Waals surface area contributed by atoms with Crippen molar-refractivity contribution in [2.24, 2.45) is 11.8 Å². The Balaban J connectivity index is 1.36. The summed E-state index contributed by atoms with van der Waals surface area (Å²) in [7, 11) is 1.52. The Labute approximate surface area is 186 Å². The molecule has 1 N–H and O–H groups in total. The molecule has 3 heterocycles. The van der Waals surface area contributed by atoms with E-state index in [-0.39, 0.29) is 18.1 Å². The van der Waals surface area contributed by atoms with Gasteiger partial charge in [-0.1, -0.05) is 24.3 Å². The van der Waals surface area contributed by atoms with Crippen LogP contribution >= 0.6 is 0 Å². The fourth-order valence-corrected chi connectivity index (χ4v) is 4.82. The first kappa shape index (κ1) is 21.3. The lowest BCUT2D eigenvalue weighted by atomic mass is 9.77. The molecule has 2 fully saturated rings. The molecule has 172 valence electrons. The monoisotopic (exact) mass is 460 g/mol. The molecule has 2 aromatic rings. The van der Waals surface area contributed by atoms with Crippen molar-refractivity contribution in [2.75, 3.05) is 23.9 Å². The number of rotatable bonds is 5. The number of benzene rings is 2. The Kier molecular flexibility index (Phi) is 4.86. The van der Waals surface area contributed by atoms with Gasteiger partial charge in [-0.25, -0.2) is 0 Å². The summed E-state index contributed by atoms with van der Waals surface area (Å²) in [4.78, 5) is 28.1. The Morgan fingerprint density at radius 2 is 1.91 bits per heavy atom. The lowest BCUT2D eigenvalue weighted by Gasteiger charge is -2.23. The molecule has 2 saturated heterocycles. The number of hydrogen-bond acceptors (Lipinski definition) is 5. The van der Waals surface area contributed by atoms with Crippen molar-refractivity contribution in [1.82, 2.24) is 0 Å². The lowest BCUT2D eigenvalue weighted by Crippen LogP contribution is -2.41. The molecule has 7 nitrogen and oxygen atoms in total. The van der Waals surface area contributed by atoms with Crippen LogP contribution in [0.5, 0.6) is 11.5 Å². The predicted octanol–water partition coefficient (Wildman–Crippen LogP) is 3.52. The van der Waals surface area contributed by atoms with Gasteiger partial charge in [0.25, 0.3) is 0 Å². The molecule has 0 aliphatic carbocycles. The minimum atomic E-state index is -4.80. The van der Waals surface area contributed by atoms with Gasteiger partial charge >= 0.3 is 6.36 Å². The fourth-order valence-electron chi connectivity index (χ4n) is 4.82. The number of halogens is 3. The minimum absolute atomic E-state index is 0.247. The SMILES string of the molecule is COc1ccccc1N1C[C@@]23C=C[C@H](O2)[C@H](C(=O)Nc2ccc(OC(F)(F)F)cc2)[C@@H]3C1=O. The van der Waals surface area contributed by atoms with Crippen LogP contribution < -0.4 is 19.7 Å². The summed E-state index contributed by atoms with van der Waals surface area (Å²) in [5.41, 5.74) is -0.0503. The van der Waals surface area contributed by atoms with Crippen LogP contribution in [0.25, 0.3) is 0 Å². The van der Waals surface area contributed by atoms with Gasteiger partial charge < -0.3 is 24.4 Å². The number of carbonyl (C=O) groups excluding carboxylic acids is 2. The first-order valence-electron chi connectivity index (χ1n) is 10.2. The average Bonchev–Trinajstić information content (AvgIpc) is 3.42. The van der Waals surface area contributed by atoms with Gasteiger partial charge in [0.1, 0.15) is 17.1 Å². The molecule has 0 aromatic heterocycles.